The van der Waals surface area contributed by atoms with Crippen LogP contribution < -0.4 is 0 Å². The van der Waals surface area contributed by atoms with Gasteiger partial charge in [0.15, 0.2) is 5.78 Å². The van der Waals surface area contributed by atoms with E-state index < -0.39 is 0 Å². The zero-order valence-corrected chi connectivity index (χ0v) is 15.9. The lowest BCUT2D eigenvalue weighted by Crippen LogP contribution is -2.51. The van der Waals surface area contributed by atoms with Crippen molar-refractivity contribution in [2.24, 2.45) is 0 Å². The second-order valence-electron chi connectivity index (χ2n) is 7.40. The first-order chi connectivity index (χ1) is 13.2. The third kappa shape index (κ3) is 3.97. The zero-order chi connectivity index (χ0) is 18.6. The van der Waals surface area contributed by atoms with Crippen molar-refractivity contribution in [2.75, 3.05) is 32.7 Å². The Bertz CT molecular complexity index is 894. The Labute approximate surface area is 160 Å². The summed E-state index contributed by atoms with van der Waals surface area (Å²) >= 11 is 0. The molecule has 1 aromatic heterocycles. The molecule has 0 amide bonds. The van der Waals surface area contributed by atoms with Crippen molar-refractivity contribution in [1.82, 2.24) is 14.8 Å². The first kappa shape index (κ1) is 18.0. The number of Topliss-reactive ketones (excluding diaryl/α,β-unsaturated/α-hetero) is 1. The molecule has 0 spiro atoms. The second-order valence-corrected chi connectivity index (χ2v) is 7.40. The molecule has 2 heterocycles. The SMILES string of the molecule is CC(C(=O)c1c[nH]c2ccccc12)N1CCN(CCc2ccccc2)CC1. The van der Waals surface area contributed by atoms with Crippen LogP contribution in [-0.4, -0.2) is 59.3 Å². The number of rotatable bonds is 6. The van der Waals surface area contributed by atoms with Gasteiger partial charge in [0.05, 0.1) is 6.04 Å². The van der Waals surface area contributed by atoms with Crippen molar-refractivity contribution in [1.29, 1.82) is 0 Å². The van der Waals surface area contributed by atoms with Crippen LogP contribution in [0.4, 0.5) is 0 Å². The second kappa shape index (κ2) is 8.07. The number of piperazine rings is 1. The van der Waals surface area contributed by atoms with E-state index in [9.17, 15) is 4.79 Å². The fraction of sp³-hybridized carbons (Fsp3) is 0.348. The van der Waals surface area contributed by atoms with E-state index in [0.717, 1.165) is 55.6 Å². The Morgan fingerprint density at radius 3 is 2.48 bits per heavy atom. The number of H-pyrrole nitrogens is 1. The zero-order valence-electron chi connectivity index (χ0n) is 15.9. The topological polar surface area (TPSA) is 39.3 Å². The molecule has 4 heteroatoms. The molecule has 1 saturated heterocycles. The summed E-state index contributed by atoms with van der Waals surface area (Å²) in [7, 11) is 0. The van der Waals surface area contributed by atoms with Crippen LogP contribution in [0.2, 0.25) is 0 Å². The van der Waals surface area contributed by atoms with Crippen LogP contribution in [0.25, 0.3) is 10.9 Å². The number of hydrogen-bond acceptors (Lipinski definition) is 3. The van der Waals surface area contributed by atoms with E-state index >= 15 is 0 Å². The Morgan fingerprint density at radius 2 is 1.70 bits per heavy atom. The first-order valence-corrected chi connectivity index (χ1v) is 9.83. The summed E-state index contributed by atoms with van der Waals surface area (Å²) in [4.78, 5) is 21.1. The molecule has 1 atom stereocenters. The molecule has 1 unspecified atom stereocenters. The monoisotopic (exact) mass is 361 g/mol. The molecule has 0 radical (unpaired) electrons. The molecular weight excluding hydrogens is 334 g/mol. The molecule has 1 fully saturated rings. The minimum absolute atomic E-state index is 0.0829. The number of nitrogens with one attached hydrogen (secondary N) is 1. The molecule has 0 saturated carbocycles. The van der Waals surface area contributed by atoms with Crippen LogP contribution in [0.3, 0.4) is 0 Å². The lowest BCUT2D eigenvalue weighted by atomic mass is 10.0. The molecule has 4 rings (SSSR count). The van der Waals surface area contributed by atoms with Gasteiger partial charge in [-0.05, 0) is 25.0 Å². The number of hydrogen-bond donors (Lipinski definition) is 1. The van der Waals surface area contributed by atoms with E-state index in [2.05, 4.69) is 45.1 Å². The van der Waals surface area contributed by atoms with Gasteiger partial charge in [0.1, 0.15) is 0 Å². The minimum atomic E-state index is -0.0829. The van der Waals surface area contributed by atoms with Crippen molar-refractivity contribution in [3.63, 3.8) is 0 Å². The van der Waals surface area contributed by atoms with Gasteiger partial charge in [-0.15, -0.1) is 0 Å². The molecule has 0 aliphatic carbocycles. The number of nitrogens with zero attached hydrogens (tertiary/aromatic N) is 2. The maximum atomic E-state index is 13.0. The van der Waals surface area contributed by atoms with Gasteiger partial charge < -0.3 is 9.88 Å². The number of aromatic amines is 1. The van der Waals surface area contributed by atoms with Gasteiger partial charge in [0.25, 0.3) is 0 Å². The van der Waals surface area contributed by atoms with E-state index in [4.69, 9.17) is 0 Å². The number of benzene rings is 2. The Kier molecular flexibility index (Phi) is 5.37. The van der Waals surface area contributed by atoms with E-state index in [1.54, 1.807) is 0 Å². The van der Waals surface area contributed by atoms with Crippen LogP contribution in [0, 0.1) is 0 Å². The predicted molar refractivity (Wildman–Crippen MR) is 110 cm³/mol. The normalized spacial score (nSPS) is 17.2. The molecule has 140 valence electrons. The number of para-hydroxylation sites is 1. The molecule has 1 N–H and O–H groups in total. The lowest BCUT2D eigenvalue weighted by Gasteiger charge is -2.37. The standard InChI is InChI=1S/C23H27N3O/c1-18(23(27)21-17-24-22-10-6-5-9-20(21)22)26-15-13-25(14-16-26)12-11-19-7-3-2-4-8-19/h2-10,17-18,24H,11-16H2,1H3. The van der Waals surface area contributed by atoms with Gasteiger partial charge in [-0.1, -0.05) is 48.5 Å². The highest BCUT2D eigenvalue weighted by molar-refractivity contribution is 6.10. The predicted octanol–water partition coefficient (Wildman–Crippen LogP) is 3.60. The van der Waals surface area contributed by atoms with E-state index in [-0.39, 0.29) is 11.8 Å². The number of aromatic nitrogens is 1. The summed E-state index contributed by atoms with van der Waals surface area (Å²) in [5.41, 5.74) is 3.23. The van der Waals surface area contributed by atoms with Crippen molar-refractivity contribution >= 4 is 16.7 Å². The first-order valence-electron chi connectivity index (χ1n) is 9.83. The molecule has 1 aliphatic rings. The quantitative estimate of drug-likeness (QED) is 0.682. The van der Waals surface area contributed by atoms with Crippen molar-refractivity contribution in [3.8, 4) is 0 Å². The summed E-state index contributed by atoms with van der Waals surface area (Å²) in [6.07, 6.45) is 2.95. The lowest BCUT2D eigenvalue weighted by molar-refractivity contribution is 0.0704. The van der Waals surface area contributed by atoms with Crippen molar-refractivity contribution in [3.05, 3.63) is 71.9 Å². The molecule has 4 nitrogen and oxygen atoms in total. The molecule has 27 heavy (non-hydrogen) atoms. The Hall–Kier alpha value is -2.43. The Morgan fingerprint density at radius 1 is 1.00 bits per heavy atom. The summed E-state index contributed by atoms with van der Waals surface area (Å²) in [5.74, 6) is 0.213. The van der Waals surface area contributed by atoms with Gasteiger partial charge in [-0.25, -0.2) is 0 Å². The summed E-state index contributed by atoms with van der Waals surface area (Å²) < 4.78 is 0. The van der Waals surface area contributed by atoms with Crippen LogP contribution in [0.5, 0.6) is 0 Å². The molecule has 3 aromatic rings. The largest absolute Gasteiger partial charge is 0.360 e. The van der Waals surface area contributed by atoms with Crippen LogP contribution >= 0.6 is 0 Å². The van der Waals surface area contributed by atoms with E-state index in [1.165, 1.54) is 5.56 Å². The number of ketones is 1. The highest BCUT2D eigenvalue weighted by Crippen LogP contribution is 2.21. The fourth-order valence-electron chi connectivity index (χ4n) is 3.97. The average Bonchev–Trinajstić information content (AvgIpc) is 3.16. The van der Waals surface area contributed by atoms with E-state index in [0.29, 0.717) is 0 Å². The van der Waals surface area contributed by atoms with Crippen LogP contribution in [0.1, 0.15) is 22.8 Å². The highest BCUT2D eigenvalue weighted by atomic mass is 16.1. The van der Waals surface area contributed by atoms with Gasteiger partial charge in [0.2, 0.25) is 0 Å². The summed E-state index contributed by atoms with van der Waals surface area (Å²) in [6.45, 7) is 7.08. The highest BCUT2D eigenvalue weighted by Gasteiger charge is 2.27. The number of carbonyl (C=O) groups excluding carboxylic acids is 1. The van der Waals surface area contributed by atoms with Gasteiger partial charge in [-0.2, -0.15) is 0 Å². The smallest absolute Gasteiger partial charge is 0.181 e. The molecular formula is C23H27N3O. The molecule has 0 bridgehead atoms. The number of fused-ring (bicyclic) bond motifs is 1. The summed E-state index contributed by atoms with van der Waals surface area (Å²) in [5, 5.41) is 1.02. The van der Waals surface area contributed by atoms with E-state index in [1.807, 2.05) is 37.4 Å². The van der Waals surface area contributed by atoms with Gasteiger partial charge >= 0.3 is 0 Å². The van der Waals surface area contributed by atoms with Gasteiger partial charge in [-0.3, -0.25) is 9.69 Å². The fourth-order valence-corrected chi connectivity index (χ4v) is 3.97. The Balaban J connectivity index is 1.33. The van der Waals surface area contributed by atoms with Crippen LogP contribution in [-0.2, 0) is 6.42 Å². The third-order valence-corrected chi connectivity index (χ3v) is 5.75. The summed E-state index contributed by atoms with van der Waals surface area (Å²) in [6, 6.07) is 18.6. The third-order valence-electron chi connectivity index (χ3n) is 5.75. The van der Waals surface area contributed by atoms with Crippen molar-refractivity contribution < 1.29 is 4.79 Å². The maximum absolute atomic E-state index is 13.0. The molecule has 1 aliphatic heterocycles. The maximum Gasteiger partial charge on any atom is 0.181 e. The minimum Gasteiger partial charge on any atom is -0.360 e. The number of carbonyl (C=O) groups is 1. The molecule has 2 aromatic carbocycles. The van der Waals surface area contributed by atoms with Gasteiger partial charge in [0, 0.05) is 55.4 Å². The average molecular weight is 361 g/mol. The van der Waals surface area contributed by atoms with Crippen molar-refractivity contribution in [2.45, 2.75) is 19.4 Å². The van der Waals surface area contributed by atoms with Crippen LogP contribution in [0.15, 0.2) is 60.8 Å².